The summed E-state index contributed by atoms with van der Waals surface area (Å²) in [6.07, 6.45) is 1.40. The van der Waals surface area contributed by atoms with Crippen molar-refractivity contribution in [3.63, 3.8) is 0 Å². The van der Waals surface area contributed by atoms with Crippen LogP contribution in [0.2, 0.25) is 10.0 Å². The van der Waals surface area contributed by atoms with Gasteiger partial charge in [-0.3, -0.25) is 0 Å². The molecule has 3 heteroatoms. The molecule has 0 bridgehead atoms. The van der Waals surface area contributed by atoms with Crippen LogP contribution in [0.25, 0.3) is 0 Å². The monoisotopic (exact) mass is 216 g/mol. The van der Waals surface area contributed by atoms with Gasteiger partial charge < -0.3 is 5.11 Å². The Morgan fingerprint density at radius 2 is 1.85 bits per heavy atom. The van der Waals surface area contributed by atoms with Crippen LogP contribution in [0.3, 0.4) is 0 Å². The fourth-order valence-corrected chi connectivity index (χ4v) is 1.86. The second-order valence-corrected chi connectivity index (χ2v) is 3.76. The summed E-state index contributed by atoms with van der Waals surface area (Å²) in [6, 6.07) is 5.09. The van der Waals surface area contributed by atoms with Crippen LogP contribution >= 0.6 is 23.2 Å². The first kappa shape index (κ1) is 10.6. The lowest BCUT2D eigenvalue weighted by Gasteiger charge is -2.21. The number of halogens is 2. The molecular formula is C10H10Cl2O. The van der Waals surface area contributed by atoms with Crippen molar-refractivity contribution in [2.24, 2.45) is 0 Å². The van der Waals surface area contributed by atoms with E-state index in [0.29, 0.717) is 15.6 Å². The van der Waals surface area contributed by atoms with Crippen LogP contribution in [0.1, 0.15) is 12.5 Å². The second-order valence-electron chi connectivity index (χ2n) is 2.95. The molecule has 1 N–H and O–H groups in total. The molecule has 0 aliphatic rings. The molecule has 0 fully saturated rings. The smallest absolute Gasteiger partial charge is 0.108 e. The van der Waals surface area contributed by atoms with Crippen LogP contribution in [0.15, 0.2) is 30.9 Å². The van der Waals surface area contributed by atoms with E-state index in [-0.39, 0.29) is 0 Å². The maximum atomic E-state index is 9.87. The third-order valence-corrected chi connectivity index (χ3v) is 2.50. The average Bonchev–Trinajstić information content (AvgIpc) is 2.03. The van der Waals surface area contributed by atoms with Crippen molar-refractivity contribution in [3.05, 3.63) is 46.5 Å². The first-order valence-corrected chi connectivity index (χ1v) is 4.55. The highest BCUT2D eigenvalue weighted by Gasteiger charge is 2.24. The zero-order valence-corrected chi connectivity index (χ0v) is 8.73. The van der Waals surface area contributed by atoms with Crippen LogP contribution in [0.5, 0.6) is 0 Å². The summed E-state index contributed by atoms with van der Waals surface area (Å²) in [5, 5.41) is 10.8. The van der Waals surface area contributed by atoms with E-state index in [1.807, 2.05) is 0 Å². The topological polar surface area (TPSA) is 20.2 Å². The van der Waals surface area contributed by atoms with Crippen molar-refractivity contribution in [2.45, 2.75) is 12.5 Å². The van der Waals surface area contributed by atoms with Gasteiger partial charge in [0, 0.05) is 15.6 Å². The summed E-state index contributed by atoms with van der Waals surface area (Å²) in [5.41, 5.74) is -0.691. The fourth-order valence-electron chi connectivity index (χ4n) is 1.08. The minimum atomic E-state index is -1.19. The Morgan fingerprint density at radius 1 is 1.38 bits per heavy atom. The van der Waals surface area contributed by atoms with Crippen LogP contribution < -0.4 is 0 Å². The molecule has 1 nitrogen and oxygen atoms in total. The van der Waals surface area contributed by atoms with Gasteiger partial charge in [-0.2, -0.15) is 0 Å². The lowest BCUT2D eigenvalue weighted by Crippen LogP contribution is -2.18. The maximum absolute atomic E-state index is 9.87. The number of hydrogen-bond acceptors (Lipinski definition) is 1. The van der Waals surface area contributed by atoms with Gasteiger partial charge >= 0.3 is 0 Å². The summed E-state index contributed by atoms with van der Waals surface area (Å²) in [6.45, 7) is 5.11. The Morgan fingerprint density at radius 3 is 2.23 bits per heavy atom. The molecule has 0 aliphatic carbocycles. The van der Waals surface area contributed by atoms with Gasteiger partial charge in [0.05, 0.1) is 0 Å². The molecule has 0 radical (unpaired) electrons. The quantitative estimate of drug-likeness (QED) is 0.752. The fraction of sp³-hybridized carbons (Fsp3) is 0.200. The number of benzene rings is 1. The van der Waals surface area contributed by atoms with Crippen LogP contribution in [0.4, 0.5) is 0 Å². The summed E-state index contributed by atoms with van der Waals surface area (Å²) in [5.74, 6) is 0. The Labute approximate surface area is 87.6 Å². The van der Waals surface area contributed by atoms with E-state index in [0.717, 1.165) is 0 Å². The van der Waals surface area contributed by atoms with Gasteiger partial charge in [0.25, 0.3) is 0 Å². The summed E-state index contributed by atoms with van der Waals surface area (Å²) < 4.78 is 0. The molecule has 0 aliphatic heterocycles. The van der Waals surface area contributed by atoms with Crippen molar-refractivity contribution in [3.8, 4) is 0 Å². The predicted molar refractivity (Wildman–Crippen MR) is 56.2 cm³/mol. The second kappa shape index (κ2) is 3.70. The summed E-state index contributed by atoms with van der Waals surface area (Å²) >= 11 is 11.8. The lowest BCUT2D eigenvalue weighted by molar-refractivity contribution is 0.112. The van der Waals surface area contributed by atoms with Crippen molar-refractivity contribution in [2.75, 3.05) is 0 Å². The van der Waals surface area contributed by atoms with E-state index in [1.54, 1.807) is 25.1 Å². The molecule has 0 saturated heterocycles. The van der Waals surface area contributed by atoms with Crippen LogP contribution in [-0.4, -0.2) is 5.11 Å². The first-order valence-electron chi connectivity index (χ1n) is 3.79. The van der Waals surface area contributed by atoms with Gasteiger partial charge in [0.1, 0.15) is 5.60 Å². The minimum absolute atomic E-state index is 0.442. The van der Waals surface area contributed by atoms with Crippen molar-refractivity contribution >= 4 is 23.2 Å². The highest BCUT2D eigenvalue weighted by Crippen LogP contribution is 2.34. The minimum Gasteiger partial charge on any atom is -0.381 e. The molecular weight excluding hydrogens is 207 g/mol. The molecule has 70 valence electrons. The summed E-state index contributed by atoms with van der Waals surface area (Å²) in [4.78, 5) is 0. The molecule has 0 saturated carbocycles. The molecule has 1 aromatic rings. The van der Waals surface area contributed by atoms with E-state index >= 15 is 0 Å². The highest BCUT2D eigenvalue weighted by molar-refractivity contribution is 6.36. The van der Waals surface area contributed by atoms with Crippen LogP contribution in [-0.2, 0) is 5.60 Å². The molecule has 1 rings (SSSR count). The Bertz CT molecular complexity index is 311. The molecule has 0 heterocycles. The number of aliphatic hydroxyl groups is 1. The Kier molecular flexibility index (Phi) is 3.01. The molecule has 1 atom stereocenters. The van der Waals surface area contributed by atoms with Crippen LogP contribution in [0, 0.1) is 0 Å². The number of rotatable bonds is 2. The van der Waals surface area contributed by atoms with Gasteiger partial charge in [-0.25, -0.2) is 0 Å². The van der Waals surface area contributed by atoms with E-state index in [4.69, 9.17) is 23.2 Å². The number of hydrogen-bond donors (Lipinski definition) is 1. The summed E-state index contributed by atoms with van der Waals surface area (Å²) in [7, 11) is 0. The zero-order valence-electron chi connectivity index (χ0n) is 7.22. The van der Waals surface area contributed by atoms with Gasteiger partial charge in [-0.05, 0) is 19.1 Å². The molecule has 1 aromatic carbocycles. The molecule has 0 aromatic heterocycles. The maximum Gasteiger partial charge on any atom is 0.108 e. The van der Waals surface area contributed by atoms with E-state index in [9.17, 15) is 5.11 Å². The molecule has 0 spiro atoms. The standard InChI is InChI=1S/C10H10Cl2O/c1-3-10(2,13)9-7(11)5-4-6-8(9)12/h3-6,13H,1H2,2H3. The molecule has 0 amide bonds. The molecule has 1 unspecified atom stereocenters. The van der Waals surface area contributed by atoms with E-state index in [1.165, 1.54) is 6.08 Å². The molecule has 13 heavy (non-hydrogen) atoms. The van der Waals surface area contributed by atoms with Crippen molar-refractivity contribution in [1.82, 2.24) is 0 Å². The Balaban J connectivity index is 3.36. The normalized spacial score (nSPS) is 15.1. The van der Waals surface area contributed by atoms with Gasteiger partial charge in [-0.15, -0.1) is 0 Å². The highest BCUT2D eigenvalue weighted by atomic mass is 35.5. The van der Waals surface area contributed by atoms with Crippen molar-refractivity contribution < 1.29 is 5.11 Å². The first-order chi connectivity index (χ1) is 5.99. The largest absolute Gasteiger partial charge is 0.381 e. The lowest BCUT2D eigenvalue weighted by atomic mass is 9.96. The average molecular weight is 217 g/mol. The Hall–Kier alpha value is -0.500. The SMILES string of the molecule is C=CC(C)(O)c1c(Cl)cccc1Cl. The third kappa shape index (κ3) is 2.05. The van der Waals surface area contributed by atoms with Crippen molar-refractivity contribution in [1.29, 1.82) is 0 Å². The van der Waals surface area contributed by atoms with Gasteiger partial charge in [0.2, 0.25) is 0 Å². The van der Waals surface area contributed by atoms with Gasteiger partial charge in [0.15, 0.2) is 0 Å². The zero-order chi connectivity index (χ0) is 10.1. The van der Waals surface area contributed by atoms with Gasteiger partial charge in [-0.1, -0.05) is 41.9 Å². The third-order valence-electron chi connectivity index (χ3n) is 1.87. The van der Waals surface area contributed by atoms with E-state index in [2.05, 4.69) is 6.58 Å². The predicted octanol–water partition coefficient (Wildman–Crippen LogP) is 3.39. The van der Waals surface area contributed by atoms with E-state index < -0.39 is 5.60 Å².